The monoisotopic (exact) mass is 240 g/mol. The maximum Gasteiger partial charge on any atom is 0.0930 e. The van der Waals surface area contributed by atoms with Crippen LogP contribution in [0.25, 0.3) is 0 Å². The number of hydrogen-bond acceptors (Lipinski definition) is 4. The highest BCUT2D eigenvalue weighted by Crippen LogP contribution is 2.18. The molecule has 16 heavy (non-hydrogen) atoms. The number of ether oxygens (including phenoxy) is 1. The summed E-state index contributed by atoms with van der Waals surface area (Å²) in [7, 11) is 0. The highest BCUT2D eigenvalue weighted by Gasteiger charge is 2.12. The molecule has 1 aliphatic rings. The number of thiazole rings is 1. The molecule has 0 saturated carbocycles. The van der Waals surface area contributed by atoms with Crippen molar-refractivity contribution >= 4 is 11.3 Å². The third-order valence-corrected chi connectivity index (χ3v) is 3.67. The van der Waals surface area contributed by atoms with Crippen molar-refractivity contribution in [3.63, 3.8) is 0 Å². The van der Waals surface area contributed by atoms with E-state index in [0.717, 1.165) is 39.3 Å². The van der Waals surface area contributed by atoms with E-state index in [0.29, 0.717) is 5.92 Å². The second-order valence-corrected chi connectivity index (χ2v) is 5.91. The molecule has 0 aromatic carbocycles. The van der Waals surface area contributed by atoms with Crippen molar-refractivity contribution in [2.75, 3.05) is 26.3 Å². The van der Waals surface area contributed by atoms with Gasteiger partial charge in [0.05, 0.1) is 18.2 Å². The van der Waals surface area contributed by atoms with E-state index in [9.17, 15) is 0 Å². The van der Waals surface area contributed by atoms with E-state index in [-0.39, 0.29) is 0 Å². The molecule has 1 saturated heterocycles. The van der Waals surface area contributed by atoms with Gasteiger partial charge in [-0.25, -0.2) is 4.98 Å². The average molecular weight is 240 g/mol. The first kappa shape index (κ1) is 12.0. The van der Waals surface area contributed by atoms with E-state index >= 15 is 0 Å². The zero-order chi connectivity index (χ0) is 11.4. The maximum atomic E-state index is 5.34. The Morgan fingerprint density at radius 2 is 2.19 bits per heavy atom. The van der Waals surface area contributed by atoms with Crippen molar-refractivity contribution in [2.24, 2.45) is 5.92 Å². The van der Waals surface area contributed by atoms with E-state index < -0.39 is 0 Å². The molecule has 1 fully saturated rings. The van der Waals surface area contributed by atoms with Crippen LogP contribution in [-0.4, -0.2) is 36.2 Å². The molecule has 2 rings (SSSR count). The molecule has 0 unspecified atom stereocenters. The van der Waals surface area contributed by atoms with Gasteiger partial charge in [0.2, 0.25) is 0 Å². The molecule has 0 spiro atoms. The SMILES string of the molecule is CC(C)Cc1ncc(CN2CCOCC2)s1. The normalized spacial score (nSPS) is 18.2. The summed E-state index contributed by atoms with van der Waals surface area (Å²) >= 11 is 1.86. The van der Waals surface area contributed by atoms with Crippen LogP contribution in [0.4, 0.5) is 0 Å². The molecule has 90 valence electrons. The van der Waals surface area contributed by atoms with Gasteiger partial charge in [0, 0.05) is 37.1 Å². The fraction of sp³-hybridized carbons (Fsp3) is 0.750. The summed E-state index contributed by atoms with van der Waals surface area (Å²) < 4.78 is 5.34. The Kier molecular flexibility index (Phi) is 4.32. The van der Waals surface area contributed by atoms with Crippen LogP contribution >= 0.6 is 11.3 Å². The number of hydrogen-bond donors (Lipinski definition) is 0. The predicted octanol–water partition coefficient (Wildman–Crippen LogP) is 2.17. The van der Waals surface area contributed by atoms with E-state index in [1.807, 2.05) is 17.5 Å². The standard InChI is InChI=1S/C12H20N2OS/c1-10(2)7-12-13-8-11(16-12)9-14-3-5-15-6-4-14/h8,10H,3-7,9H2,1-2H3. The summed E-state index contributed by atoms with van der Waals surface area (Å²) in [5.41, 5.74) is 0. The average Bonchev–Trinajstić information content (AvgIpc) is 2.66. The third-order valence-electron chi connectivity index (χ3n) is 2.67. The summed E-state index contributed by atoms with van der Waals surface area (Å²) in [5, 5.41) is 1.28. The molecule has 1 aromatic rings. The zero-order valence-corrected chi connectivity index (χ0v) is 10.9. The number of morpholine rings is 1. The Bertz CT molecular complexity index is 319. The highest BCUT2D eigenvalue weighted by atomic mass is 32.1. The van der Waals surface area contributed by atoms with Gasteiger partial charge in [-0.2, -0.15) is 0 Å². The number of aromatic nitrogens is 1. The van der Waals surface area contributed by atoms with Gasteiger partial charge in [-0.3, -0.25) is 4.90 Å². The molecule has 0 atom stereocenters. The first-order valence-electron chi connectivity index (χ1n) is 5.97. The molecule has 0 radical (unpaired) electrons. The molecule has 0 N–H and O–H groups in total. The Labute approximate surface area is 101 Å². The summed E-state index contributed by atoms with van der Waals surface area (Å²) in [4.78, 5) is 8.31. The van der Waals surface area contributed by atoms with Crippen molar-refractivity contribution < 1.29 is 4.74 Å². The second kappa shape index (κ2) is 5.75. The van der Waals surface area contributed by atoms with Crippen molar-refractivity contribution in [2.45, 2.75) is 26.8 Å². The lowest BCUT2D eigenvalue weighted by Gasteiger charge is -2.25. The quantitative estimate of drug-likeness (QED) is 0.806. The van der Waals surface area contributed by atoms with Crippen LogP contribution in [0.2, 0.25) is 0 Å². The minimum absolute atomic E-state index is 0.697. The summed E-state index contributed by atoms with van der Waals surface area (Å²) in [6.45, 7) is 9.37. The summed E-state index contributed by atoms with van der Waals surface area (Å²) in [5.74, 6) is 0.697. The smallest absolute Gasteiger partial charge is 0.0930 e. The first-order valence-corrected chi connectivity index (χ1v) is 6.79. The van der Waals surface area contributed by atoms with Gasteiger partial charge in [-0.15, -0.1) is 11.3 Å². The predicted molar refractivity (Wildman–Crippen MR) is 66.8 cm³/mol. The van der Waals surface area contributed by atoms with Crippen LogP contribution in [0, 0.1) is 5.92 Å². The van der Waals surface area contributed by atoms with Crippen LogP contribution in [-0.2, 0) is 17.7 Å². The van der Waals surface area contributed by atoms with Gasteiger partial charge in [0.25, 0.3) is 0 Å². The Hall–Kier alpha value is -0.450. The number of rotatable bonds is 4. The molecule has 1 aromatic heterocycles. The van der Waals surface area contributed by atoms with Crippen molar-refractivity contribution in [1.82, 2.24) is 9.88 Å². The highest BCUT2D eigenvalue weighted by molar-refractivity contribution is 7.11. The van der Waals surface area contributed by atoms with Crippen molar-refractivity contribution in [3.8, 4) is 0 Å². The van der Waals surface area contributed by atoms with Crippen LogP contribution in [0.3, 0.4) is 0 Å². The van der Waals surface area contributed by atoms with Gasteiger partial charge in [0.15, 0.2) is 0 Å². The Morgan fingerprint density at radius 1 is 1.44 bits per heavy atom. The molecule has 1 aliphatic heterocycles. The van der Waals surface area contributed by atoms with Crippen LogP contribution in [0.15, 0.2) is 6.20 Å². The molecular weight excluding hydrogens is 220 g/mol. The molecule has 3 nitrogen and oxygen atoms in total. The third kappa shape index (κ3) is 3.54. The van der Waals surface area contributed by atoms with Crippen LogP contribution in [0.1, 0.15) is 23.7 Å². The van der Waals surface area contributed by atoms with E-state index in [2.05, 4.69) is 23.7 Å². The van der Waals surface area contributed by atoms with Gasteiger partial charge in [-0.05, 0) is 5.92 Å². The van der Waals surface area contributed by atoms with Crippen molar-refractivity contribution in [3.05, 3.63) is 16.1 Å². The van der Waals surface area contributed by atoms with Crippen LogP contribution in [0.5, 0.6) is 0 Å². The molecular formula is C12H20N2OS. The Balaban J connectivity index is 1.86. The topological polar surface area (TPSA) is 25.4 Å². The molecule has 0 aliphatic carbocycles. The summed E-state index contributed by atoms with van der Waals surface area (Å²) in [6, 6.07) is 0. The zero-order valence-electron chi connectivity index (χ0n) is 10.1. The fourth-order valence-electron chi connectivity index (χ4n) is 1.84. The summed E-state index contributed by atoms with van der Waals surface area (Å²) in [6.07, 6.45) is 3.14. The fourth-order valence-corrected chi connectivity index (χ4v) is 3.02. The lowest BCUT2D eigenvalue weighted by molar-refractivity contribution is 0.0346. The number of nitrogens with zero attached hydrogens (tertiary/aromatic N) is 2. The molecule has 2 heterocycles. The second-order valence-electron chi connectivity index (χ2n) is 4.71. The first-order chi connectivity index (χ1) is 7.74. The lowest BCUT2D eigenvalue weighted by atomic mass is 10.1. The van der Waals surface area contributed by atoms with Gasteiger partial charge < -0.3 is 4.74 Å². The Morgan fingerprint density at radius 3 is 2.88 bits per heavy atom. The van der Waals surface area contributed by atoms with E-state index in [1.54, 1.807) is 0 Å². The molecule has 4 heteroatoms. The van der Waals surface area contributed by atoms with E-state index in [4.69, 9.17) is 4.74 Å². The van der Waals surface area contributed by atoms with Crippen LogP contribution < -0.4 is 0 Å². The van der Waals surface area contributed by atoms with E-state index in [1.165, 1.54) is 9.88 Å². The van der Waals surface area contributed by atoms with Gasteiger partial charge in [-0.1, -0.05) is 13.8 Å². The minimum atomic E-state index is 0.697. The van der Waals surface area contributed by atoms with Gasteiger partial charge in [0.1, 0.15) is 0 Å². The molecule has 0 amide bonds. The largest absolute Gasteiger partial charge is 0.379 e. The van der Waals surface area contributed by atoms with Gasteiger partial charge >= 0.3 is 0 Å². The lowest BCUT2D eigenvalue weighted by Crippen LogP contribution is -2.35. The van der Waals surface area contributed by atoms with Crippen molar-refractivity contribution in [1.29, 1.82) is 0 Å². The maximum absolute atomic E-state index is 5.34. The minimum Gasteiger partial charge on any atom is -0.379 e. The molecule has 0 bridgehead atoms.